The van der Waals surface area contributed by atoms with Crippen LogP contribution in [0.3, 0.4) is 0 Å². The molecule has 1 aliphatic carbocycles. The van der Waals surface area contributed by atoms with Gasteiger partial charge in [0, 0.05) is 5.39 Å². The topological polar surface area (TPSA) is 12.9 Å². The Labute approximate surface area is 95.8 Å². The Bertz CT molecular complexity index is 566. The third-order valence-electron chi connectivity index (χ3n) is 3.40. The molecule has 0 aliphatic heterocycles. The molecule has 80 valence electrons. The first-order chi connectivity index (χ1) is 7.84. The van der Waals surface area contributed by atoms with Gasteiger partial charge in [0.2, 0.25) is 0 Å². The van der Waals surface area contributed by atoms with Gasteiger partial charge in [-0.2, -0.15) is 0 Å². The Morgan fingerprint density at radius 3 is 2.69 bits per heavy atom. The Morgan fingerprint density at radius 2 is 1.88 bits per heavy atom. The highest BCUT2D eigenvalue weighted by molar-refractivity contribution is 5.81. The van der Waals surface area contributed by atoms with Gasteiger partial charge in [-0.25, -0.2) is 4.98 Å². The lowest BCUT2D eigenvalue weighted by molar-refractivity contribution is 0.909. The lowest BCUT2D eigenvalue weighted by atomic mass is 10.1. The molecule has 0 N–H and O–H groups in total. The quantitative estimate of drug-likeness (QED) is 0.686. The summed E-state index contributed by atoms with van der Waals surface area (Å²) in [5.41, 5.74) is 5.26. The lowest BCUT2D eigenvalue weighted by Gasteiger charge is -2.05. The number of pyridine rings is 1. The summed E-state index contributed by atoms with van der Waals surface area (Å²) in [7, 11) is 0. The van der Waals surface area contributed by atoms with Crippen LogP contribution < -0.4 is 0 Å². The van der Waals surface area contributed by atoms with Crippen molar-refractivity contribution in [3.63, 3.8) is 0 Å². The smallest absolute Gasteiger partial charge is 0.0709 e. The zero-order chi connectivity index (χ0) is 11.0. The highest BCUT2D eigenvalue weighted by atomic mass is 14.7. The Hall–Kier alpha value is -1.63. The van der Waals surface area contributed by atoms with E-state index in [1.165, 1.54) is 41.5 Å². The SMILES string of the molecule is CC1=C(c2ccc3ccccc3n2)CCC1. The molecule has 0 saturated carbocycles. The van der Waals surface area contributed by atoms with Crippen LogP contribution in [0.15, 0.2) is 42.0 Å². The lowest BCUT2D eigenvalue weighted by Crippen LogP contribution is -1.89. The molecular weight excluding hydrogens is 194 g/mol. The molecule has 3 rings (SSSR count). The molecule has 1 aliphatic rings. The van der Waals surface area contributed by atoms with Crippen LogP contribution >= 0.6 is 0 Å². The predicted octanol–water partition coefficient (Wildman–Crippen LogP) is 4.19. The molecule has 1 nitrogen and oxygen atoms in total. The van der Waals surface area contributed by atoms with Crippen LogP contribution in [0.4, 0.5) is 0 Å². The van der Waals surface area contributed by atoms with Crippen molar-refractivity contribution in [3.05, 3.63) is 47.7 Å². The minimum absolute atomic E-state index is 1.10. The van der Waals surface area contributed by atoms with E-state index in [0.717, 1.165) is 5.52 Å². The van der Waals surface area contributed by atoms with E-state index in [-0.39, 0.29) is 0 Å². The second kappa shape index (κ2) is 3.75. The van der Waals surface area contributed by atoms with E-state index >= 15 is 0 Å². The van der Waals surface area contributed by atoms with Gasteiger partial charge in [0.1, 0.15) is 0 Å². The van der Waals surface area contributed by atoms with Crippen molar-refractivity contribution < 1.29 is 0 Å². The van der Waals surface area contributed by atoms with Crippen molar-refractivity contribution >= 4 is 16.5 Å². The second-order valence-electron chi connectivity index (χ2n) is 4.50. The third-order valence-corrected chi connectivity index (χ3v) is 3.40. The number of hydrogen-bond acceptors (Lipinski definition) is 1. The normalized spacial score (nSPS) is 16.1. The van der Waals surface area contributed by atoms with Crippen LogP contribution in [0.5, 0.6) is 0 Å². The van der Waals surface area contributed by atoms with Gasteiger partial charge in [-0.15, -0.1) is 0 Å². The van der Waals surface area contributed by atoms with Gasteiger partial charge in [-0.3, -0.25) is 0 Å². The van der Waals surface area contributed by atoms with Crippen LogP contribution in [0.25, 0.3) is 16.5 Å². The predicted molar refractivity (Wildman–Crippen MR) is 68.2 cm³/mol. The molecule has 1 aromatic heterocycles. The summed E-state index contributed by atoms with van der Waals surface area (Å²) in [6.45, 7) is 2.24. The third kappa shape index (κ3) is 1.53. The van der Waals surface area contributed by atoms with Gasteiger partial charge < -0.3 is 0 Å². The van der Waals surface area contributed by atoms with Gasteiger partial charge in [0.25, 0.3) is 0 Å². The fourth-order valence-electron chi connectivity index (χ4n) is 2.48. The van der Waals surface area contributed by atoms with Crippen LogP contribution in [0.2, 0.25) is 0 Å². The summed E-state index contributed by atoms with van der Waals surface area (Å²) in [6, 6.07) is 12.6. The van der Waals surface area contributed by atoms with Gasteiger partial charge in [0.05, 0.1) is 11.2 Å². The maximum atomic E-state index is 4.75. The maximum absolute atomic E-state index is 4.75. The molecule has 16 heavy (non-hydrogen) atoms. The molecule has 0 radical (unpaired) electrons. The minimum atomic E-state index is 1.10. The number of fused-ring (bicyclic) bond motifs is 1. The van der Waals surface area contributed by atoms with Crippen LogP contribution in [-0.4, -0.2) is 4.98 Å². The monoisotopic (exact) mass is 209 g/mol. The number of aromatic nitrogens is 1. The number of nitrogens with zero attached hydrogens (tertiary/aromatic N) is 1. The van der Waals surface area contributed by atoms with Crippen molar-refractivity contribution in [2.75, 3.05) is 0 Å². The van der Waals surface area contributed by atoms with E-state index in [1.807, 2.05) is 0 Å². The van der Waals surface area contributed by atoms with Gasteiger partial charge >= 0.3 is 0 Å². The van der Waals surface area contributed by atoms with Gasteiger partial charge in [-0.1, -0.05) is 29.8 Å². The molecule has 0 amide bonds. The molecule has 0 fully saturated rings. The van der Waals surface area contributed by atoms with Crippen LogP contribution in [0.1, 0.15) is 31.9 Å². The van der Waals surface area contributed by atoms with Crippen molar-refractivity contribution in [3.8, 4) is 0 Å². The average molecular weight is 209 g/mol. The summed E-state index contributed by atoms with van der Waals surface area (Å²) >= 11 is 0. The summed E-state index contributed by atoms with van der Waals surface area (Å²) in [5, 5.41) is 1.22. The molecule has 0 spiro atoms. The van der Waals surface area contributed by atoms with E-state index in [9.17, 15) is 0 Å². The summed E-state index contributed by atoms with van der Waals surface area (Å²) in [5.74, 6) is 0. The largest absolute Gasteiger partial charge is 0.248 e. The number of para-hydroxylation sites is 1. The van der Waals surface area contributed by atoms with E-state index in [2.05, 4.69) is 43.3 Å². The van der Waals surface area contributed by atoms with Crippen molar-refractivity contribution in [1.82, 2.24) is 4.98 Å². The number of rotatable bonds is 1. The molecule has 0 atom stereocenters. The van der Waals surface area contributed by atoms with E-state index < -0.39 is 0 Å². The summed E-state index contributed by atoms with van der Waals surface area (Å²) in [4.78, 5) is 4.75. The second-order valence-corrected chi connectivity index (χ2v) is 4.50. The highest BCUT2D eigenvalue weighted by Crippen LogP contribution is 2.32. The molecule has 1 heteroatoms. The number of allylic oxidation sites excluding steroid dienone is 2. The van der Waals surface area contributed by atoms with Crippen LogP contribution in [-0.2, 0) is 0 Å². The molecule has 1 heterocycles. The first-order valence-corrected chi connectivity index (χ1v) is 5.89. The summed E-state index contributed by atoms with van der Waals surface area (Å²) in [6.07, 6.45) is 3.72. The van der Waals surface area contributed by atoms with Crippen molar-refractivity contribution in [2.24, 2.45) is 0 Å². The standard InChI is InChI=1S/C15H15N/c1-11-5-4-7-13(11)15-10-9-12-6-2-3-8-14(12)16-15/h2-3,6,8-10H,4-5,7H2,1H3. The maximum Gasteiger partial charge on any atom is 0.0709 e. The number of benzene rings is 1. The Kier molecular flexibility index (Phi) is 2.24. The van der Waals surface area contributed by atoms with E-state index in [0.29, 0.717) is 0 Å². The Balaban J connectivity index is 2.15. The minimum Gasteiger partial charge on any atom is -0.248 e. The fraction of sp³-hybridized carbons (Fsp3) is 0.267. The Morgan fingerprint density at radius 1 is 1.00 bits per heavy atom. The molecule has 0 bridgehead atoms. The highest BCUT2D eigenvalue weighted by Gasteiger charge is 2.13. The number of hydrogen-bond donors (Lipinski definition) is 0. The molecule has 2 aromatic rings. The average Bonchev–Trinajstić information content (AvgIpc) is 2.75. The van der Waals surface area contributed by atoms with E-state index in [4.69, 9.17) is 4.98 Å². The molecule has 0 saturated heterocycles. The van der Waals surface area contributed by atoms with Crippen molar-refractivity contribution in [2.45, 2.75) is 26.2 Å². The zero-order valence-electron chi connectivity index (χ0n) is 9.53. The first-order valence-electron chi connectivity index (χ1n) is 5.89. The van der Waals surface area contributed by atoms with Crippen LogP contribution in [0, 0.1) is 0 Å². The van der Waals surface area contributed by atoms with Crippen molar-refractivity contribution in [1.29, 1.82) is 0 Å². The van der Waals surface area contributed by atoms with Gasteiger partial charge in [-0.05, 0) is 43.9 Å². The van der Waals surface area contributed by atoms with Gasteiger partial charge in [0.15, 0.2) is 0 Å². The van der Waals surface area contributed by atoms with E-state index in [1.54, 1.807) is 0 Å². The fourth-order valence-corrected chi connectivity index (χ4v) is 2.48. The zero-order valence-corrected chi connectivity index (χ0v) is 9.53. The summed E-state index contributed by atoms with van der Waals surface area (Å²) < 4.78 is 0. The molecule has 1 aromatic carbocycles. The molecule has 0 unspecified atom stereocenters. The first kappa shape index (κ1) is 9.59. The molecular formula is C15H15N.